The van der Waals surface area contributed by atoms with Crippen molar-refractivity contribution in [3.8, 4) is 5.82 Å². The highest BCUT2D eigenvalue weighted by Crippen LogP contribution is 2.27. The number of hydrogen-bond donors (Lipinski definition) is 0. The molecule has 0 aliphatic heterocycles. The van der Waals surface area contributed by atoms with E-state index in [4.69, 9.17) is 0 Å². The maximum Gasteiger partial charge on any atom is 0.435 e. The van der Waals surface area contributed by atoms with Gasteiger partial charge in [-0.2, -0.15) is 18.3 Å². The van der Waals surface area contributed by atoms with Crippen molar-refractivity contribution in [3.63, 3.8) is 0 Å². The zero-order chi connectivity index (χ0) is 14.0. The number of hydrogen-bond acceptors (Lipinski definition) is 5. The molecule has 2 heterocycles. The van der Waals surface area contributed by atoms with Gasteiger partial charge in [-0.25, -0.2) is 14.5 Å². The van der Waals surface area contributed by atoms with Gasteiger partial charge in [-0.05, 0) is 6.07 Å². The minimum atomic E-state index is -4.54. The van der Waals surface area contributed by atoms with E-state index >= 15 is 0 Å². The van der Waals surface area contributed by atoms with Gasteiger partial charge in [0.1, 0.15) is 0 Å². The van der Waals surface area contributed by atoms with Crippen LogP contribution in [-0.4, -0.2) is 32.8 Å². The zero-order valence-electron chi connectivity index (χ0n) is 9.55. The van der Waals surface area contributed by atoms with Crippen molar-refractivity contribution in [2.45, 2.75) is 6.18 Å². The maximum absolute atomic E-state index is 12.4. The zero-order valence-corrected chi connectivity index (χ0v) is 9.55. The molecule has 0 atom stereocenters. The number of halogens is 3. The third-order valence-electron chi connectivity index (χ3n) is 2.13. The molecule has 0 spiro atoms. The van der Waals surface area contributed by atoms with Gasteiger partial charge in [-0.1, -0.05) is 0 Å². The summed E-state index contributed by atoms with van der Waals surface area (Å²) < 4.78 is 42.5. The molecule has 0 N–H and O–H groups in total. The van der Waals surface area contributed by atoms with Gasteiger partial charge in [0.25, 0.3) is 0 Å². The molecule has 0 saturated heterocycles. The molecular weight excluding hydrogens is 265 g/mol. The molecule has 2 rings (SSSR count). The molecule has 100 valence electrons. The minimum absolute atomic E-state index is 0.0154. The number of nitrogens with zero attached hydrogens (tertiary/aromatic N) is 4. The first-order chi connectivity index (χ1) is 8.91. The van der Waals surface area contributed by atoms with Crippen LogP contribution in [0.15, 0.2) is 24.7 Å². The third-order valence-corrected chi connectivity index (χ3v) is 2.13. The molecule has 0 amide bonds. The van der Waals surface area contributed by atoms with Crippen molar-refractivity contribution in [2.75, 3.05) is 7.11 Å². The first-order valence-corrected chi connectivity index (χ1v) is 4.95. The summed E-state index contributed by atoms with van der Waals surface area (Å²) >= 11 is 0. The number of carbonyl (C=O) groups excluding carboxylic acids is 1. The van der Waals surface area contributed by atoms with Crippen molar-refractivity contribution in [1.82, 2.24) is 19.7 Å². The molecule has 6 nitrogen and oxygen atoms in total. The standard InChI is InChI=1S/C10H7F3N4O2/c1-19-9(18)6-4-14-5-8(15-6)17-3-2-7(16-17)10(11,12)13/h2-5H,1H3. The Kier molecular flexibility index (Phi) is 3.19. The SMILES string of the molecule is COC(=O)c1cncc(-n2ccc(C(F)(F)F)n2)n1. The first-order valence-electron chi connectivity index (χ1n) is 4.95. The predicted molar refractivity (Wildman–Crippen MR) is 55.5 cm³/mol. The summed E-state index contributed by atoms with van der Waals surface area (Å²) in [6.45, 7) is 0. The Morgan fingerprint density at radius 3 is 2.68 bits per heavy atom. The molecule has 0 fully saturated rings. The highest BCUT2D eigenvalue weighted by atomic mass is 19.4. The Bertz CT molecular complexity index is 609. The predicted octanol–water partition coefficient (Wildman–Crippen LogP) is 1.47. The van der Waals surface area contributed by atoms with Gasteiger partial charge in [0.05, 0.1) is 19.5 Å². The van der Waals surface area contributed by atoms with Crippen LogP contribution < -0.4 is 0 Å². The Labute approximate surface area is 104 Å². The van der Waals surface area contributed by atoms with E-state index in [9.17, 15) is 18.0 Å². The summed E-state index contributed by atoms with van der Waals surface area (Å²) in [4.78, 5) is 18.7. The van der Waals surface area contributed by atoms with Gasteiger partial charge in [-0.15, -0.1) is 0 Å². The van der Waals surface area contributed by atoms with Crippen molar-refractivity contribution >= 4 is 5.97 Å². The number of aromatic nitrogens is 4. The van der Waals surface area contributed by atoms with Crippen LogP contribution in [0.5, 0.6) is 0 Å². The molecular formula is C10H7F3N4O2. The Morgan fingerprint density at radius 1 is 1.37 bits per heavy atom. The van der Waals surface area contributed by atoms with Crippen LogP contribution in [0.3, 0.4) is 0 Å². The fourth-order valence-corrected chi connectivity index (χ4v) is 1.27. The lowest BCUT2D eigenvalue weighted by atomic mass is 10.4. The van der Waals surface area contributed by atoms with E-state index in [-0.39, 0.29) is 11.5 Å². The minimum Gasteiger partial charge on any atom is -0.464 e. The number of methoxy groups -OCH3 is 1. The van der Waals surface area contributed by atoms with E-state index < -0.39 is 17.8 Å². The Hall–Kier alpha value is -2.45. The van der Waals surface area contributed by atoms with Crippen LogP contribution >= 0.6 is 0 Å². The van der Waals surface area contributed by atoms with E-state index in [0.717, 1.165) is 30.3 Å². The molecule has 19 heavy (non-hydrogen) atoms. The van der Waals surface area contributed by atoms with E-state index in [2.05, 4.69) is 19.8 Å². The van der Waals surface area contributed by atoms with E-state index in [1.54, 1.807) is 0 Å². The molecule has 0 saturated carbocycles. The summed E-state index contributed by atoms with van der Waals surface area (Å²) in [5.41, 5.74) is -1.18. The highest BCUT2D eigenvalue weighted by Gasteiger charge is 2.33. The number of alkyl halides is 3. The molecule has 0 radical (unpaired) electrons. The van der Waals surface area contributed by atoms with Gasteiger partial charge in [-0.3, -0.25) is 4.98 Å². The second kappa shape index (κ2) is 4.67. The van der Waals surface area contributed by atoms with Gasteiger partial charge >= 0.3 is 12.1 Å². The fraction of sp³-hybridized carbons (Fsp3) is 0.200. The van der Waals surface area contributed by atoms with Gasteiger partial charge in [0, 0.05) is 6.20 Å². The van der Waals surface area contributed by atoms with Crippen LogP contribution in [0.4, 0.5) is 13.2 Å². The van der Waals surface area contributed by atoms with E-state index in [0.29, 0.717) is 0 Å². The summed E-state index contributed by atoms with van der Waals surface area (Å²) in [7, 11) is 1.16. The van der Waals surface area contributed by atoms with Crippen molar-refractivity contribution < 1.29 is 22.7 Å². The van der Waals surface area contributed by atoms with Gasteiger partial charge < -0.3 is 4.74 Å². The van der Waals surface area contributed by atoms with E-state index in [1.807, 2.05) is 0 Å². The largest absolute Gasteiger partial charge is 0.464 e. The lowest BCUT2D eigenvalue weighted by Crippen LogP contribution is -2.10. The third kappa shape index (κ3) is 2.69. The maximum atomic E-state index is 12.4. The quantitative estimate of drug-likeness (QED) is 0.774. The summed E-state index contributed by atoms with van der Waals surface area (Å²) in [6.07, 6.45) is -1.14. The molecule has 0 unspecified atom stereocenters. The normalized spacial score (nSPS) is 11.4. The molecule has 0 aromatic carbocycles. The lowest BCUT2D eigenvalue weighted by Gasteiger charge is -2.03. The molecule has 2 aromatic rings. The summed E-state index contributed by atoms with van der Waals surface area (Å²) in [6, 6.07) is 0.798. The second-order valence-corrected chi connectivity index (χ2v) is 3.40. The fourth-order valence-electron chi connectivity index (χ4n) is 1.27. The number of rotatable bonds is 2. The van der Waals surface area contributed by atoms with Crippen LogP contribution in [0.2, 0.25) is 0 Å². The first kappa shape index (κ1) is 13.0. The Morgan fingerprint density at radius 2 is 2.11 bits per heavy atom. The molecule has 9 heteroatoms. The van der Waals surface area contributed by atoms with Crippen molar-refractivity contribution in [2.24, 2.45) is 0 Å². The monoisotopic (exact) mass is 272 g/mol. The number of carbonyl (C=O) groups is 1. The Balaban J connectivity index is 2.37. The van der Waals surface area contributed by atoms with Gasteiger partial charge in [0.2, 0.25) is 0 Å². The average Bonchev–Trinajstić information content (AvgIpc) is 2.87. The van der Waals surface area contributed by atoms with Crippen LogP contribution in [0, 0.1) is 0 Å². The van der Waals surface area contributed by atoms with Crippen LogP contribution in [0.1, 0.15) is 16.2 Å². The van der Waals surface area contributed by atoms with E-state index in [1.165, 1.54) is 6.20 Å². The molecule has 0 aliphatic rings. The number of esters is 1. The van der Waals surface area contributed by atoms with Gasteiger partial charge in [0.15, 0.2) is 17.2 Å². The van der Waals surface area contributed by atoms with Crippen molar-refractivity contribution in [3.05, 3.63) is 36.0 Å². The lowest BCUT2D eigenvalue weighted by molar-refractivity contribution is -0.141. The van der Waals surface area contributed by atoms with Crippen LogP contribution in [0.25, 0.3) is 5.82 Å². The van der Waals surface area contributed by atoms with Crippen molar-refractivity contribution in [1.29, 1.82) is 0 Å². The molecule has 0 aliphatic carbocycles. The topological polar surface area (TPSA) is 69.9 Å². The molecule has 2 aromatic heterocycles. The molecule has 0 bridgehead atoms. The average molecular weight is 272 g/mol. The second-order valence-electron chi connectivity index (χ2n) is 3.40. The van der Waals surface area contributed by atoms with Crippen LogP contribution in [-0.2, 0) is 10.9 Å². The summed E-state index contributed by atoms with van der Waals surface area (Å²) in [5, 5.41) is 3.32. The summed E-state index contributed by atoms with van der Waals surface area (Å²) in [5.74, 6) is -0.754. The smallest absolute Gasteiger partial charge is 0.435 e. The number of ether oxygens (including phenoxy) is 1. The highest BCUT2D eigenvalue weighted by molar-refractivity contribution is 5.86.